The molecule has 0 saturated heterocycles. The molecule has 2 aromatic heterocycles. The van der Waals surface area contributed by atoms with Crippen molar-refractivity contribution in [2.75, 3.05) is 0 Å². The summed E-state index contributed by atoms with van der Waals surface area (Å²) in [5.41, 5.74) is 3.00. The van der Waals surface area contributed by atoms with Crippen LogP contribution in [0.4, 0.5) is 0 Å². The van der Waals surface area contributed by atoms with Crippen molar-refractivity contribution in [1.82, 2.24) is 9.38 Å². The van der Waals surface area contributed by atoms with Gasteiger partial charge in [-0.3, -0.25) is 4.40 Å². The molecule has 1 aromatic carbocycles. The zero-order chi connectivity index (χ0) is 11.8. The van der Waals surface area contributed by atoms with Gasteiger partial charge >= 0.3 is 0 Å². The summed E-state index contributed by atoms with van der Waals surface area (Å²) in [5, 5.41) is 0. The third kappa shape index (κ3) is 1.91. The third-order valence-corrected chi connectivity index (χ3v) is 3.80. The molecule has 0 unspecified atom stereocenters. The first kappa shape index (κ1) is 11.0. The average molecular weight is 352 g/mol. The van der Waals surface area contributed by atoms with E-state index in [1.54, 1.807) is 0 Å². The maximum Gasteiger partial charge on any atom is 0.138 e. The van der Waals surface area contributed by atoms with Gasteiger partial charge < -0.3 is 0 Å². The molecule has 4 heteroatoms. The minimum atomic E-state index is 0.930. The monoisotopic (exact) mass is 350 g/mol. The molecule has 17 heavy (non-hydrogen) atoms. The Morgan fingerprint density at radius 1 is 0.941 bits per heavy atom. The summed E-state index contributed by atoms with van der Waals surface area (Å²) >= 11 is 7.06. The number of imidazole rings is 1. The Morgan fingerprint density at radius 3 is 2.47 bits per heavy atom. The van der Waals surface area contributed by atoms with Gasteiger partial charge in [-0.15, -0.1) is 0 Å². The second-order valence-corrected chi connectivity index (χ2v) is 5.36. The van der Waals surface area contributed by atoms with Crippen LogP contribution >= 0.6 is 31.9 Å². The molecule has 2 nitrogen and oxygen atoms in total. The molecular formula is C13H8Br2N2. The van der Waals surface area contributed by atoms with E-state index >= 15 is 0 Å². The molecule has 0 aliphatic heterocycles. The van der Waals surface area contributed by atoms with Crippen LogP contribution < -0.4 is 0 Å². The Bertz CT molecular complexity index is 674. The molecule has 3 aromatic rings. The van der Waals surface area contributed by atoms with Crippen molar-refractivity contribution >= 4 is 37.5 Å². The van der Waals surface area contributed by atoms with Gasteiger partial charge in [-0.1, -0.05) is 30.3 Å². The smallest absolute Gasteiger partial charge is 0.138 e. The Hall–Kier alpha value is -1.13. The van der Waals surface area contributed by atoms with E-state index in [1.807, 2.05) is 40.9 Å². The van der Waals surface area contributed by atoms with Crippen LogP contribution in [-0.2, 0) is 0 Å². The van der Waals surface area contributed by atoms with Gasteiger partial charge in [0.25, 0.3) is 0 Å². The maximum absolute atomic E-state index is 4.62. The average Bonchev–Trinajstić information content (AvgIpc) is 2.68. The van der Waals surface area contributed by atoms with E-state index in [4.69, 9.17) is 0 Å². The van der Waals surface area contributed by atoms with Gasteiger partial charge in [0.1, 0.15) is 15.9 Å². The van der Waals surface area contributed by atoms with E-state index in [2.05, 4.69) is 49.0 Å². The van der Waals surface area contributed by atoms with Crippen LogP contribution in [0.3, 0.4) is 0 Å². The van der Waals surface area contributed by atoms with Crippen molar-refractivity contribution in [3.8, 4) is 11.3 Å². The number of halogens is 2. The highest BCUT2D eigenvalue weighted by atomic mass is 79.9. The topological polar surface area (TPSA) is 17.3 Å². The maximum atomic E-state index is 4.62. The predicted octanol–water partition coefficient (Wildman–Crippen LogP) is 4.53. The summed E-state index contributed by atoms with van der Waals surface area (Å²) in [4.78, 5) is 4.62. The van der Waals surface area contributed by atoms with Gasteiger partial charge in [-0.05, 0) is 44.0 Å². The van der Waals surface area contributed by atoms with Crippen molar-refractivity contribution in [2.24, 2.45) is 0 Å². The summed E-state index contributed by atoms with van der Waals surface area (Å²) < 4.78 is 4.02. The first-order chi connectivity index (χ1) is 8.25. The number of aromatic nitrogens is 2. The van der Waals surface area contributed by atoms with Gasteiger partial charge in [-0.2, -0.15) is 0 Å². The number of nitrogens with zero attached hydrogens (tertiary/aromatic N) is 2. The number of pyridine rings is 1. The van der Waals surface area contributed by atoms with Gasteiger partial charge in [0, 0.05) is 16.2 Å². The van der Waals surface area contributed by atoms with E-state index in [0.29, 0.717) is 0 Å². The molecular weight excluding hydrogens is 344 g/mol. The summed E-state index contributed by atoms with van der Waals surface area (Å²) in [6.45, 7) is 0. The summed E-state index contributed by atoms with van der Waals surface area (Å²) in [6.07, 6.45) is 2.00. The Balaban J connectivity index is 2.28. The van der Waals surface area contributed by atoms with Crippen LogP contribution in [0.1, 0.15) is 0 Å². The van der Waals surface area contributed by atoms with Gasteiger partial charge in [0.15, 0.2) is 0 Å². The largest absolute Gasteiger partial charge is 0.293 e. The van der Waals surface area contributed by atoms with E-state index in [0.717, 1.165) is 26.0 Å². The highest BCUT2D eigenvalue weighted by Gasteiger charge is 2.11. The standard InChI is InChI=1S/C13H8Br2N2/c14-10-6-7-11-16-12(13(15)17(11)8-10)9-4-2-1-3-5-9/h1-8H. The number of hydrogen-bond acceptors (Lipinski definition) is 1. The minimum absolute atomic E-state index is 0.930. The lowest BCUT2D eigenvalue weighted by Gasteiger charge is -1.97. The first-order valence-corrected chi connectivity index (χ1v) is 6.73. The van der Waals surface area contributed by atoms with Gasteiger partial charge in [-0.25, -0.2) is 4.98 Å². The van der Waals surface area contributed by atoms with E-state index < -0.39 is 0 Å². The fourth-order valence-corrected chi connectivity index (χ4v) is 2.71. The van der Waals surface area contributed by atoms with Crippen LogP contribution in [0.25, 0.3) is 16.9 Å². The highest BCUT2D eigenvalue weighted by Crippen LogP contribution is 2.29. The Kier molecular flexibility index (Phi) is 2.76. The fraction of sp³-hybridized carbons (Fsp3) is 0. The minimum Gasteiger partial charge on any atom is -0.293 e. The zero-order valence-corrected chi connectivity index (χ0v) is 11.9. The molecule has 0 aliphatic rings. The van der Waals surface area contributed by atoms with Crippen LogP contribution in [0.2, 0.25) is 0 Å². The van der Waals surface area contributed by atoms with Gasteiger partial charge in [0.05, 0.1) is 0 Å². The van der Waals surface area contributed by atoms with Crippen LogP contribution in [0.15, 0.2) is 57.7 Å². The lowest BCUT2D eigenvalue weighted by atomic mass is 10.2. The Morgan fingerprint density at radius 2 is 1.71 bits per heavy atom. The SMILES string of the molecule is Brc1ccc2nc(-c3ccccc3)c(Br)n2c1. The molecule has 0 spiro atoms. The van der Waals surface area contributed by atoms with E-state index in [-0.39, 0.29) is 0 Å². The van der Waals surface area contributed by atoms with Crippen LogP contribution in [0, 0.1) is 0 Å². The van der Waals surface area contributed by atoms with Crippen molar-refractivity contribution in [2.45, 2.75) is 0 Å². The fourth-order valence-electron chi connectivity index (χ4n) is 1.77. The van der Waals surface area contributed by atoms with Crippen molar-refractivity contribution in [3.05, 3.63) is 57.7 Å². The van der Waals surface area contributed by atoms with Crippen molar-refractivity contribution in [3.63, 3.8) is 0 Å². The molecule has 0 radical (unpaired) electrons. The molecule has 3 rings (SSSR count). The molecule has 0 atom stereocenters. The zero-order valence-electron chi connectivity index (χ0n) is 8.77. The molecule has 0 aliphatic carbocycles. The Labute approximate surface area is 116 Å². The van der Waals surface area contributed by atoms with E-state index in [9.17, 15) is 0 Å². The normalized spacial score (nSPS) is 10.9. The molecule has 0 N–H and O–H groups in total. The number of hydrogen-bond donors (Lipinski definition) is 0. The summed E-state index contributed by atoms with van der Waals surface area (Å²) in [6, 6.07) is 14.1. The van der Waals surface area contributed by atoms with Crippen LogP contribution in [0.5, 0.6) is 0 Å². The quantitative estimate of drug-likeness (QED) is 0.629. The first-order valence-electron chi connectivity index (χ1n) is 5.14. The number of fused-ring (bicyclic) bond motifs is 1. The van der Waals surface area contributed by atoms with Gasteiger partial charge in [0.2, 0.25) is 0 Å². The molecule has 0 saturated carbocycles. The number of benzene rings is 1. The lowest BCUT2D eigenvalue weighted by molar-refractivity contribution is 1.14. The molecule has 0 fully saturated rings. The van der Waals surface area contributed by atoms with Crippen molar-refractivity contribution in [1.29, 1.82) is 0 Å². The molecule has 84 valence electrons. The molecule has 2 heterocycles. The molecule has 0 bridgehead atoms. The molecule has 0 amide bonds. The number of rotatable bonds is 1. The third-order valence-electron chi connectivity index (χ3n) is 2.57. The van der Waals surface area contributed by atoms with Crippen LogP contribution in [-0.4, -0.2) is 9.38 Å². The second kappa shape index (κ2) is 4.27. The lowest BCUT2D eigenvalue weighted by Crippen LogP contribution is -1.83. The van der Waals surface area contributed by atoms with Crippen molar-refractivity contribution < 1.29 is 0 Å². The highest BCUT2D eigenvalue weighted by molar-refractivity contribution is 9.10. The summed E-state index contributed by atoms with van der Waals surface area (Å²) in [5.74, 6) is 0. The second-order valence-electron chi connectivity index (χ2n) is 3.69. The van der Waals surface area contributed by atoms with E-state index in [1.165, 1.54) is 0 Å². The predicted molar refractivity (Wildman–Crippen MR) is 76.0 cm³/mol. The summed E-state index contributed by atoms with van der Waals surface area (Å²) in [7, 11) is 0.